The van der Waals surface area contributed by atoms with E-state index in [9.17, 15) is 19.0 Å². The van der Waals surface area contributed by atoms with Crippen LogP contribution in [0.3, 0.4) is 0 Å². The maximum Gasteiger partial charge on any atom is 0.472 e. The summed E-state index contributed by atoms with van der Waals surface area (Å²) in [4.78, 5) is 35.3. The molecule has 0 heterocycles. The third-order valence-electron chi connectivity index (χ3n) is 16.0. The number of hydrogen-bond acceptors (Lipinski definition) is 8. The third-order valence-corrected chi connectivity index (χ3v) is 17.0. The van der Waals surface area contributed by atoms with Gasteiger partial charge in [-0.15, -0.1) is 0 Å². The molecule has 2 unspecified atom stereocenters. The Morgan fingerprint density at radius 1 is 0.338 bits per heavy atom. The predicted octanol–water partition coefficient (Wildman–Crippen LogP) is 22.2. The fourth-order valence-electron chi connectivity index (χ4n) is 10.9. The Morgan fingerprint density at radius 2 is 0.558 bits per heavy atom. The second-order valence-corrected chi connectivity index (χ2v) is 25.2. The van der Waals surface area contributed by atoms with Gasteiger partial charge in [-0.2, -0.15) is 0 Å². The molecule has 0 aromatic carbocycles. The molecule has 3 N–H and O–H groups in total. The van der Waals surface area contributed by atoms with Crippen molar-refractivity contribution in [3.63, 3.8) is 0 Å². The van der Waals surface area contributed by atoms with Gasteiger partial charge in [-0.1, -0.05) is 361 Å². The van der Waals surface area contributed by atoms with Gasteiger partial charge < -0.3 is 20.1 Å². The van der Waals surface area contributed by atoms with Crippen LogP contribution < -0.4 is 5.73 Å². The highest BCUT2D eigenvalue weighted by Crippen LogP contribution is 2.43. The summed E-state index contributed by atoms with van der Waals surface area (Å²) in [5, 5.41) is 0. The van der Waals surface area contributed by atoms with Crippen molar-refractivity contribution < 1.29 is 37.6 Å². The fraction of sp³-hybridized carbons (Fsp3) is 0.970. The van der Waals surface area contributed by atoms with E-state index in [1.807, 2.05) is 0 Å². The average molecular weight is 1110 g/mol. The fourth-order valence-corrected chi connectivity index (χ4v) is 11.6. The largest absolute Gasteiger partial charge is 0.472 e. The molecule has 10 heteroatoms. The zero-order valence-electron chi connectivity index (χ0n) is 51.7. The molecule has 0 aliphatic carbocycles. The first-order valence-corrected chi connectivity index (χ1v) is 36.0. The van der Waals surface area contributed by atoms with Crippen molar-refractivity contribution in [2.45, 2.75) is 392 Å². The van der Waals surface area contributed by atoms with Crippen LogP contribution in [-0.4, -0.2) is 49.3 Å². The van der Waals surface area contributed by atoms with Crippen LogP contribution in [0.5, 0.6) is 0 Å². The summed E-state index contributed by atoms with van der Waals surface area (Å²) in [5.74, 6) is -0.798. The zero-order valence-corrected chi connectivity index (χ0v) is 52.6. The predicted molar refractivity (Wildman–Crippen MR) is 331 cm³/mol. The lowest BCUT2D eigenvalue weighted by molar-refractivity contribution is -0.161. The van der Waals surface area contributed by atoms with Crippen molar-refractivity contribution in [2.24, 2.45) is 5.73 Å². The number of carbonyl (C=O) groups is 2. The summed E-state index contributed by atoms with van der Waals surface area (Å²) in [6, 6.07) is 0. The molecule has 0 fully saturated rings. The monoisotopic (exact) mass is 1110 g/mol. The van der Waals surface area contributed by atoms with Crippen LogP contribution in [0.1, 0.15) is 386 Å². The SMILES string of the molecule is CCCCCCCCCCCCCCCCCCCCCCCCCCCCCCCCCCCCCC(=O)OC(COC(=O)CCCCCCCCCCCCCCCCCCCCCCC)COP(=O)(O)OCCN. The second-order valence-electron chi connectivity index (χ2n) is 23.8. The average Bonchev–Trinajstić information content (AvgIpc) is 3.42. The Morgan fingerprint density at radius 3 is 0.792 bits per heavy atom. The van der Waals surface area contributed by atoms with E-state index in [1.165, 1.54) is 321 Å². The van der Waals surface area contributed by atoms with Crippen LogP contribution in [0.2, 0.25) is 0 Å². The molecule has 0 aliphatic rings. The lowest BCUT2D eigenvalue weighted by atomic mass is 10.0. The van der Waals surface area contributed by atoms with Gasteiger partial charge in [-0.25, -0.2) is 4.57 Å². The van der Waals surface area contributed by atoms with Gasteiger partial charge in [-0.05, 0) is 12.8 Å². The molecule has 0 rings (SSSR count). The lowest BCUT2D eigenvalue weighted by Gasteiger charge is -2.19. The Kier molecular flexibility index (Phi) is 63.4. The van der Waals surface area contributed by atoms with E-state index in [-0.39, 0.29) is 32.1 Å². The van der Waals surface area contributed by atoms with E-state index in [0.29, 0.717) is 12.8 Å². The lowest BCUT2D eigenvalue weighted by Crippen LogP contribution is -2.29. The first-order valence-electron chi connectivity index (χ1n) is 34.5. The zero-order chi connectivity index (χ0) is 55.9. The minimum absolute atomic E-state index is 0.0588. The van der Waals surface area contributed by atoms with Crippen LogP contribution in [0.15, 0.2) is 0 Å². The highest BCUT2D eigenvalue weighted by atomic mass is 31.2. The van der Waals surface area contributed by atoms with Gasteiger partial charge >= 0.3 is 19.8 Å². The summed E-state index contributed by atoms with van der Waals surface area (Å²) < 4.78 is 33.2. The van der Waals surface area contributed by atoms with E-state index in [4.69, 9.17) is 24.3 Å². The van der Waals surface area contributed by atoms with E-state index in [2.05, 4.69) is 13.8 Å². The Bertz CT molecular complexity index is 1220. The smallest absolute Gasteiger partial charge is 0.462 e. The minimum Gasteiger partial charge on any atom is -0.462 e. The van der Waals surface area contributed by atoms with Gasteiger partial charge in [0.2, 0.25) is 0 Å². The number of phosphoric ester groups is 1. The number of nitrogens with two attached hydrogens (primary N) is 1. The molecule has 9 nitrogen and oxygen atoms in total. The van der Waals surface area contributed by atoms with Gasteiger partial charge in [0.25, 0.3) is 0 Å². The number of phosphoric acid groups is 1. The van der Waals surface area contributed by atoms with Crippen molar-refractivity contribution in [3.05, 3.63) is 0 Å². The third kappa shape index (κ3) is 64.1. The maximum atomic E-state index is 12.7. The van der Waals surface area contributed by atoms with Crippen LogP contribution >= 0.6 is 7.82 Å². The number of hydrogen-bond donors (Lipinski definition) is 2. The van der Waals surface area contributed by atoms with Gasteiger partial charge in [0, 0.05) is 19.4 Å². The van der Waals surface area contributed by atoms with Crippen molar-refractivity contribution in [1.82, 2.24) is 0 Å². The first-order chi connectivity index (χ1) is 37.8. The molecular formula is C67H134NO8P. The minimum atomic E-state index is -4.38. The Labute approximate surface area is 479 Å². The van der Waals surface area contributed by atoms with Gasteiger partial charge in [0.15, 0.2) is 6.10 Å². The van der Waals surface area contributed by atoms with Crippen LogP contribution in [0.25, 0.3) is 0 Å². The van der Waals surface area contributed by atoms with Crippen LogP contribution in [0, 0.1) is 0 Å². The summed E-state index contributed by atoms with van der Waals surface area (Å²) in [6.45, 7) is 3.84. The summed E-state index contributed by atoms with van der Waals surface area (Å²) in [6.07, 6.45) is 75.0. The van der Waals surface area contributed by atoms with Crippen molar-refractivity contribution in [1.29, 1.82) is 0 Å². The van der Waals surface area contributed by atoms with E-state index >= 15 is 0 Å². The Hall–Kier alpha value is -0.990. The standard InChI is InChI=1S/C67H134NO8P/c1-3-5-7-9-11-13-15-17-19-21-23-25-26-27-28-29-30-31-32-33-34-35-36-37-38-40-42-44-46-48-50-52-54-56-58-60-67(70)76-65(64-75-77(71,72)74-62-61-68)63-73-66(69)59-57-55-53-51-49-47-45-43-41-39-24-22-20-18-16-14-12-10-8-6-4-2/h65H,3-64,68H2,1-2H3,(H,71,72). The summed E-state index contributed by atoms with van der Waals surface area (Å²) in [5.41, 5.74) is 5.40. The van der Waals surface area contributed by atoms with Gasteiger partial charge in [-0.3, -0.25) is 18.6 Å². The Balaban J connectivity index is 3.77. The van der Waals surface area contributed by atoms with Crippen molar-refractivity contribution in [2.75, 3.05) is 26.4 Å². The normalized spacial score (nSPS) is 12.8. The molecule has 0 amide bonds. The van der Waals surface area contributed by atoms with E-state index in [1.54, 1.807) is 0 Å². The molecule has 0 bridgehead atoms. The number of esters is 2. The van der Waals surface area contributed by atoms with Gasteiger partial charge in [0.05, 0.1) is 13.2 Å². The van der Waals surface area contributed by atoms with Crippen molar-refractivity contribution in [3.8, 4) is 0 Å². The molecule has 0 radical (unpaired) electrons. The van der Waals surface area contributed by atoms with Crippen molar-refractivity contribution >= 4 is 19.8 Å². The van der Waals surface area contributed by atoms with Gasteiger partial charge in [0.1, 0.15) is 6.61 Å². The van der Waals surface area contributed by atoms with E-state index < -0.39 is 26.5 Å². The number of carbonyl (C=O) groups excluding carboxylic acids is 2. The summed E-state index contributed by atoms with van der Waals surface area (Å²) in [7, 11) is -4.38. The highest BCUT2D eigenvalue weighted by molar-refractivity contribution is 7.47. The molecule has 0 aromatic heterocycles. The maximum absolute atomic E-state index is 12.7. The van der Waals surface area contributed by atoms with Crippen LogP contribution in [-0.2, 0) is 32.7 Å². The molecule has 2 atom stereocenters. The molecule has 0 aromatic rings. The number of rotatable bonds is 67. The number of ether oxygens (including phenoxy) is 2. The molecule has 0 saturated carbocycles. The van der Waals surface area contributed by atoms with Crippen LogP contribution in [0.4, 0.5) is 0 Å². The molecule has 0 saturated heterocycles. The molecule has 77 heavy (non-hydrogen) atoms. The topological polar surface area (TPSA) is 134 Å². The molecule has 0 spiro atoms. The first kappa shape index (κ1) is 76.0. The van der Waals surface area contributed by atoms with E-state index in [0.717, 1.165) is 32.1 Å². The summed E-state index contributed by atoms with van der Waals surface area (Å²) >= 11 is 0. The molecular weight excluding hydrogens is 978 g/mol. The number of unbranched alkanes of at least 4 members (excludes halogenated alkanes) is 54. The molecule has 0 aliphatic heterocycles. The highest BCUT2D eigenvalue weighted by Gasteiger charge is 2.26. The second kappa shape index (κ2) is 64.2. The quantitative estimate of drug-likeness (QED) is 0.0347. The molecule has 460 valence electrons.